The lowest BCUT2D eigenvalue weighted by molar-refractivity contribution is 0.256. The maximum Gasteiger partial charge on any atom is 0.309 e. The van der Waals surface area contributed by atoms with E-state index in [9.17, 15) is 0 Å². The molecule has 4 N–H and O–H groups in total. The Balaban J connectivity index is 0. The van der Waals surface area contributed by atoms with Crippen LogP contribution in [0.4, 0.5) is 4.79 Å². The Kier molecular flexibility index (Phi) is 8.49. The third-order valence-electron chi connectivity index (χ3n) is 0.577. The van der Waals surface area contributed by atoms with Crippen molar-refractivity contribution in [2.45, 2.75) is 20.8 Å². The molecular weight excluding hydrogens is 116 g/mol. The number of allylic oxidation sites excluding steroid dienone is 2. The predicted octanol–water partition coefficient (Wildman–Crippen LogP) is 0.996. The minimum absolute atomic E-state index is 0.833. The zero-order chi connectivity index (χ0) is 7.86. The highest BCUT2D eigenvalue weighted by molar-refractivity contribution is 5.69. The Bertz CT molecular complexity index is 99.6. The van der Waals surface area contributed by atoms with Crippen molar-refractivity contribution in [3.63, 3.8) is 0 Å². The number of amides is 2. The predicted molar refractivity (Wildman–Crippen MR) is 38.9 cm³/mol. The number of rotatable bonds is 0. The first-order valence-electron chi connectivity index (χ1n) is 2.65. The number of urea groups is 1. The molecule has 0 aliphatic rings. The van der Waals surface area contributed by atoms with Crippen molar-refractivity contribution in [1.82, 2.24) is 0 Å². The number of hydrogen-bond acceptors (Lipinski definition) is 1. The topological polar surface area (TPSA) is 69.1 Å². The highest BCUT2D eigenvalue weighted by Gasteiger charge is 1.61. The molecule has 0 rings (SSSR count). The maximum absolute atomic E-state index is 9.00. The van der Waals surface area contributed by atoms with E-state index in [4.69, 9.17) is 4.79 Å². The van der Waals surface area contributed by atoms with Gasteiger partial charge in [0.15, 0.2) is 0 Å². The van der Waals surface area contributed by atoms with E-state index < -0.39 is 6.03 Å². The fourth-order valence-electron chi connectivity index (χ4n) is 0. The Morgan fingerprint density at radius 3 is 1.44 bits per heavy atom. The summed E-state index contributed by atoms with van der Waals surface area (Å²) in [4.78, 5) is 9.00. The molecule has 0 spiro atoms. The summed E-state index contributed by atoms with van der Waals surface area (Å²) in [6, 6.07) is -0.833. The summed E-state index contributed by atoms with van der Waals surface area (Å²) in [5.41, 5.74) is 9.88. The van der Waals surface area contributed by atoms with Crippen LogP contribution in [0.1, 0.15) is 20.8 Å². The average Bonchev–Trinajstić information content (AvgIpc) is 1.65. The van der Waals surface area contributed by atoms with Crippen LogP contribution in [-0.2, 0) is 0 Å². The minimum atomic E-state index is -0.833. The van der Waals surface area contributed by atoms with E-state index in [-0.39, 0.29) is 0 Å². The molecule has 3 nitrogen and oxygen atoms in total. The van der Waals surface area contributed by atoms with Crippen LogP contribution in [0.25, 0.3) is 0 Å². The van der Waals surface area contributed by atoms with Crippen molar-refractivity contribution in [2.24, 2.45) is 11.5 Å². The Morgan fingerprint density at radius 1 is 1.33 bits per heavy atom. The Morgan fingerprint density at radius 2 is 1.44 bits per heavy atom. The molecule has 2 amide bonds. The molecule has 0 aromatic heterocycles. The van der Waals surface area contributed by atoms with Crippen LogP contribution >= 0.6 is 0 Å². The van der Waals surface area contributed by atoms with Crippen LogP contribution in [0.2, 0.25) is 0 Å². The van der Waals surface area contributed by atoms with Gasteiger partial charge >= 0.3 is 6.03 Å². The van der Waals surface area contributed by atoms with Gasteiger partial charge in [-0.05, 0) is 20.8 Å². The van der Waals surface area contributed by atoms with Crippen LogP contribution < -0.4 is 11.5 Å². The van der Waals surface area contributed by atoms with E-state index in [2.05, 4.69) is 31.4 Å². The molecule has 0 bridgehead atoms. The molecule has 0 unspecified atom stereocenters. The van der Waals surface area contributed by atoms with Crippen LogP contribution in [0.3, 0.4) is 0 Å². The van der Waals surface area contributed by atoms with E-state index in [0.717, 1.165) is 0 Å². The minimum Gasteiger partial charge on any atom is -0.352 e. The third kappa shape index (κ3) is 172. The molecule has 0 aliphatic heterocycles. The standard InChI is InChI=1S/C5H10.CH4N2O/c1-4-5(2)3;2-1(3)4/h4H,1-3H3;(H4,2,3,4). The molecule has 0 radical (unpaired) electrons. The van der Waals surface area contributed by atoms with E-state index in [0.29, 0.717) is 0 Å². The summed E-state index contributed by atoms with van der Waals surface area (Å²) in [6.07, 6.45) is 2.08. The van der Waals surface area contributed by atoms with Gasteiger partial charge in [0.2, 0.25) is 0 Å². The quantitative estimate of drug-likeness (QED) is 0.472. The second-order valence-electron chi connectivity index (χ2n) is 1.77. The van der Waals surface area contributed by atoms with Crippen molar-refractivity contribution in [2.75, 3.05) is 0 Å². The second-order valence-corrected chi connectivity index (χ2v) is 1.77. The molecule has 0 heterocycles. The molecule has 0 aromatic carbocycles. The van der Waals surface area contributed by atoms with Gasteiger partial charge in [-0.25, -0.2) is 4.79 Å². The summed E-state index contributed by atoms with van der Waals surface area (Å²) in [7, 11) is 0. The zero-order valence-electron chi connectivity index (χ0n) is 6.14. The van der Waals surface area contributed by atoms with E-state index >= 15 is 0 Å². The number of hydrogen-bond donors (Lipinski definition) is 2. The molecule has 9 heavy (non-hydrogen) atoms. The molecule has 0 fully saturated rings. The van der Waals surface area contributed by atoms with Crippen molar-refractivity contribution >= 4 is 6.03 Å². The molecule has 54 valence electrons. The van der Waals surface area contributed by atoms with Gasteiger partial charge < -0.3 is 11.5 Å². The van der Waals surface area contributed by atoms with Crippen LogP contribution in [0.5, 0.6) is 0 Å². The van der Waals surface area contributed by atoms with Gasteiger partial charge in [0.1, 0.15) is 0 Å². The summed E-state index contributed by atoms with van der Waals surface area (Å²) in [5.74, 6) is 0. The van der Waals surface area contributed by atoms with E-state index in [1.54, 1.807) is 0 Å². The summed E-state index contributed by atoms with van der Waals surface area (Å²) in [5, 5.41) is 0. The van der Waals surface area contributed by atoms with Crippen LogP contribution in [0, 0.1) is 0 Å². The first kappa shape index (κ1) is 10.9. The normalized spacial score (nSPS) is 6.56. The Hall–Kier alpha value is -0.990. The summed E-state index contributed by atoms with van der Waals surface area (Å²) in [6.45, 7) is 6.20. The average molecular weight is 130 g/mol. The van der Waals surface area contributed by atoms with Gasteiger partial charge in [-0.1, -0.05) is 11.6 Å². The first-order chi connectivity index (χ1) is 4.00. The first-order valence-corrected chi connectivity index (χ1v) is 2.65. The molecule has 3 heteroatoms. The number of carbonyl (C=O) groups is 1. The number of primary amides is 2. The third-order valence-corrected chi connectivity index (χ3v) is 0.577. The highest BCUT2D eigenvalue weighted by Crippen LogP contribution is 1.82. The Labute approximate surface area is 55.7 Å². The SMILES string of the molecule is CC=C(C)C.NC(N)=O. The fourth-order valence-corrected chi connectivity index (χ4v) is 0. The summed E-state index contributed by atoms with van der Waals surface area (Å²) < 4.78 is 0. The van der Waals surface area contributed by atoms with Gasteiger partial charge in [0.25, 0.3) is 0 Å². The smallest absolute Gasteiger partial charge is 0.309 e. The fraction of sp³-hybridized carbons (Fsp3) is 0.500. The van der Waals surface area contributed by atoms with Crippen molar-refractivity contribution in [3.8, 4) is 0 Å². The van der Waals surface area contributed by atoms with E-state index in [1.807, 2.05) is 6.92 Å². The molecule has 0 atom stereocenters. The van der Waals surface area contributed by atoms with Crippen LogP contribution in [0.15, 0.2) is 11.6 Å². The molecule has 0 aromatic rings. The maximum atomic E-state index is 9.00. The van der Waals surface area contributed by atoms with Gasteiger partial charge in [0, 0.05) is 0 Å². The lowest BCUT2D eigenvalue weighted by Crippen LogP contribution is -2.18. The lowest BCUT2D eigenvalue weighted by Gasteiger charge is -1.74. The monoisotopic (exact) mass is 130 g/mol. The molecule has 0 saturated heterocycles. The lowest BCUT2D eigenvalue weighted by atomic mass is 10.3. The number of carbonyl (C=O) groups excluding carboxylic acids is 1. The highest BCUT2D eigenvalue weighted by atomic mass is 16.2. The molecule has 0 aliphatic carbocycles. The van der Waals surface area contributed by atoms with Crippen molar-refractivity contribution in [3.05, 3.63) is 11.6 Å². The van der Waals surface area contributed by atoms with Crippen molar-refractivity contribution < 1.29 is 4.79 Å². The van der Waals surface area contributed by atoms with Crippen molar-refractivity contribution in [1.29, 1.82) is 0 Å². The van der Waals surface area contributed by atoms with Crippen LogP contribution in [-0.4, -0.2) is 6.03 Å². The number of nitrogens with two attached hydrogens (primary N) is 2. The molecule has 0 saturated carbocycles. The van der Waals surface area contributed by atoms with Gasteiger partial charge in [-0.15, -0.1) is 0 Å². The van der Waals surface area contributed by atoms with Gasteiger partial charge in [-0.3, -0.25) is 0 Å². The van der Waals surface area contributed by atoms with Gasteiger partial charge in [-0.2, -0.15) is 0 Å². The van der Waals surface area contributed by atoms with E-state index in [1.165, 1.54) is 5.57 Å². The summed E-state index contributed by atoms with van der Waals surface area (Å²) >= 11 is 0. The second kappa shape index (κ2) is 7.01. The largest absolute Gasteiger partial charge is 0.352 e. The zero-order valence-corrected chi connectivity index (χ0v) is 6.14. The van der Waals surface area contributed by atoms with Gasteiger partial charge in [0.05, 0.1) is 0 Å². The molecular formula is C6H14N2O.